The number of hydrogen-bond donors (Lipinski definition) is 0. The minimum Gasteiger partial charge on any atom is -0.550 e. The molecule has 192 valence electrons. The lowest BCUT2D eigenvalue weighted by Gasteiger charge is -2.29. The molecule has 0 heterocycles. The van der Waals surface area contributed by atoms with Gasteiger partial charge in [0.2, 0.25) is 0 Å². The van der Waals surface area contributed by atoms with Crippen LogP contribution in [0.2, 0.25) is 0 Å². The van der Waals surface area contributed by atoms with Crippen LogP contribution in [0.1, 0.15) is 116 Å². The van der Waals surface area contributed by atoms with Crippen molar-refractivity contribution >= 4 is 16.1 Å². The third-order valence-corrected chi connectivity index (χ3v) is 7.03. The molecular formula is C25H51NO5S. The van der Waals surface area contributed by atoms with Crippen LogP contribution in [-0.4, -0.2) is 58.4 Å². The van der Waals surface area contributed by atoms with Gasteiger partial charge in [0, 0.05) is 12.4 Å². The van der Waals surface area contributed by atoms with Crippen molar-refractivity contribution in [3.63, 3.8) is 0 Å². The van der Waals surface area contributed by atoms with Crippen LogP contribution < -0.4 is 5.11 Å². The summed E-state index contributed by atoms with van der Waals surface area (Å²) in [6.07, 6.45) is 18.5. The molecule has 0 aromatic rings. The molecule has 0 amide bonds. The highest BCUT2D eigenvalue weighted by molar-refractivity contribution is 7.86. The Kier molecular flexibility index (Phi) is 18.3. The maximum absolute atomic E-state index is 12.2. The summed E-state index contributed by atoms with van der Waals surface area (Å²) < 4.78 is 30.0. The molecule has 6 nitrogen and oxygen atoms in total. The van der Waals surface area contributed by atoms with Gasteiger partial charge >= 0.3 is 0 Å². The Morgan fingerprint density at radius 1 is 0.750 bits per heavy atom. The molecule has 0 saturated heterocycles. The summed E-state index contributed by atoms with van der Waals surface area (Å²) in [6, 6.07) is 0. The minimum atomic E-state index is -3.72. The molecule has 0 bridgehead atoms. The first-order valence-corrected chi connectivity index (χ1v) is 14.5. The van der Waals surface area contributed by atoms with Gasteiger partial charge < -0.3 is 14.4 Å². The molecule has 1 unspecified atom stereocenters. The molecule has 0 rings (SSSR count). The van der Waals surface area contributed by atoms with Gasteiger partial charge in [-0.05, 0) is 6.42 Å². The molecule has 0 aromatic carbocycles. The zero-order valence-electron chi connectivity index (χ0n) is 21.4. The monoisotopic (exact) mass is 477 g/mol. The summed E-state index contributed by atoms with van der Waals surface area (Å²) in [4.78, 5) is 10.9. The number of nitrogens with zero attached hydrogens (tertiary/aromatic N) is 1. The van der Waals surface area contributed by atoms with E-state index in [9.17, 15) is 18.3 Å². The van der Waals surface area contributed by atoms with Crippen LogP contribution in [0.25, 0.3) is 0 Å². The van der Waals surface area contributed by atoms with Gasteiger partial charge in [-0.2, -0.15) is 8.42 Å². The van der Waals surface area contributed by atoms with Gasteiger partial charge in [0.1, 0.15) is 12.6 Å². The Morgan fingerprint density at radius 3 is 1.47 bits per heavy atom. The molecule has 0 spiro atoms. The normalized spacial score (nSPS) is 13.4. The zero-order chi connectivity index (χ0) is 24.3. The van der Waals surface area contributed by atoms with E-state index in [4.69, 9.17) is 4.18 Å². The molecule has 0 fully saturated rings. The van der Waals surface area contributed by atoms with Crippen molar-refractivity contribution in [1.82, 2.24) is 0 Å². The Morgan fingerprint density at radius 2 is 1.12 bits per heavy atom. The van der Waals surface area contributed by atoms with E-state index < -0.39 is 28.6 Å². The topological polar surface area (TPSA) is 83.5 Å². The van der Waals surface area contributed by atoms with Crippen LogP contribution >= 0.6 is 0 Å². The van der Waals surface area contributed by atoms with Gasteiger partial charge in [-0.25, -0.2) is 0 Å². The number of carboxylic acids is 1. The third-order valence-electron chi connectivity index (χ3n) is 5.68. The Bertz CT molecular complexity index is 557. The van der Waals surface area contributed by atoms with Gasteiger partial charge in [0.05, 0.1) is 26.9 Å². The number of quaternary nitrogens is 1. The second-order valence-corrected chi connectivity index (χ2v) is 12.0. The van der Waals surface area contributed by atoms with E-state index in [0.717, 1.165) is 19.3 Å². The summed E-state index contributed by atoms with van der Waals surface area (Å²) in [5, 5.41) is 10.9. The van der Waals surface area contributed by atoms with Crippen molar-refractivity contribution < 1.29 is 27.0 Å². The third kappa shape index (κ3) is 22.5. The summed E-state index contributed by atoms with van der Waals surface area (Å²) in [6.45, 7) is 2.56. The van der Waals surface area contributed by atoms with E-state index in [0.29, 0.717) is 17.4 Å². The predicted molar refractivity (Wildman–Crippen MR) is 131 cm³/mol. The van der Waals surface area contributed by atoms with Crippen molar-refractivity contribution in [2.24, 2.45) is 0 Å². The Hall–Kier alpha value is -0.660. The molecular weight excluding hydrogens is 426 g/mol. The quantitative estimate of drug-likeness (QED) is 0.120. The average Bonchev–Trinajstić information content (AvgIpc) is 2.65. The lowest BCUT2D eigenvalue weighted by atomic mass is 10.0. The number of likely N-dealkylation sites (N-methyl/N-ethyl adjacent to an activating group) is 1. The van der Waals surface area contributed by atoms with Crippen LogP contribution in [0.3, 0.4) is 0 Å². The van der Waals surface area contributed by atoms with E-state index in [2.05, 4.69) is 6.92 Å². The number of unbranched alkanes of at least 4 members (excludes halogenated alkanes) is 15. The lowest BCUT2D eigenvalue weighted by molar-refractivity contribution is -0.873. The van der Waals surface area contributed by atoms with Crippen molar-refractivity contribution in [3.8, 4) is 0 Å². The van der Waals surface area contributed by atoms with Crippen LogP contribution in [-0.2, 0) is 19.1 Å². The Labute approximate surface area is 198 Å². The number of aliphatic carboxylic acids is 1. The number of carbonyl (C=O) groups is 1. The van der Waals surface area contributed by atoms with Crippen LogP contribution in [0.15, 0.2) is 0 Å². The fraction of sp³-hybridized carbons (Fsp3) is 0.960. The van der Waals surface area contributed by atoms with E-state index >= 15 is 0 Å². The van der Waals surface area contributed by atoms with Crippen molar-refractivity contribution in [2.75, 3.05) is 33.4 Å². The minimum absolute atomic E-state index is 0.0495. The summed E-state index contributed by atoms with van der Waals surface area (Å²) >= 11 is 0. The zero-order valence-corrected chi connectivity index (χ0v) is 22.2. The first kappa shape index (κ1) is 31.3. The molecule has 0 aliphatic heterocycles. The molecule has 32 heavy (non-hydrogen) atoms. The molecule has 0 N–H and O–H groups in total. The highest BCUT2D eigenvalue weighted by Gasteiger charge is 2.25. The highest BCUT2D eigenvalue weighted by Crippen LogP contribution is 2.15. The van der Waals surface area contributed by atoms with Gasteiger partial charge in [0.25, 0.3) is 10.1 Å². The number of carboxylic acid groups (broad SMARTS) is 1. The predicted octanol–water partition coefficient (Wildman–Crippen LogP) is 4.81. The largest absolute Gasteiger partial charge is 0.550 e. The standard InChI is InChI=1S/C25H51NO5S/c1-5-6-7-8-9-10-11-12-13-14-15-16-17-18-19-20-21-32(29,30)31-24(22-25(27)28)23-26(2,3)4/h24H,5-23H2,1-4H3. The molecule has 0 aromatic heterocycles. The molecule has 1 atom stereocenters. The smallest absolute Gasteiger partial charge is 0.267 e. The summed E-state index contributed by atoms with van der Waals surface area (Å²) in [7, 11) is 1.89. The van der Waals surface area contributed by atoms with Crippen LogP contribution in [0.5, 0.6) is 0 Å². The fourth-order valence-corrected chi connectivity index (χ4v) is 5.21. The highest BCUT2D eigenvalue weighted by atomic mass is 32.2. The number of hydrogen-bond acceptors (Lipinski definition) is 5. The van der Waals surface area contributed by atoms with Gasteiger partial charge in [-0.3, -0.25) is 4.18 Å². The molecule has 0 aliphatic rings. The summed E-state index contributed by atoms with van der Waals surface area (Å²) in [5.41, 5.74) is 0. The van der Waals surface area contributed by atoms with E-state index in [1.54, 1.807) is 0 Å². The van der Waals surface area contributed by atoms with Crippen LogP contribution in [0.4, 0.5) is 0 Å². The molecule has 0 radical (unpaired) electrons. The molecule has 0 aliphatic carbocycles. The molecule has 7 heteroatoms. The maximum Gasteiger partial charge on any atom is 0.267 e. The first-order valence-electron chi connectivity index (χ1n) is 13.0. The lowest BCUT2D eigenvalue weighted by Crippen LogP contribution is -2.45. The number of rotatable bonds is 23. The second kappa shape index (κ2) is 18.7. The Balaban J connectivity index is 3.70. The average molecular weight is 478 g/mol. The number of carbonyl (C=O) groups excluding carboxylic acids is 1. The maximum atomic E-state index is 12.2. The first-order chi connectivity index (χ1) is 15.1. The van der Waals surface area contributed by atoms with Crippen molar-refractivity contribution in [3.05, 3.63) is 0 Å². The van der Waals surface area contributed by atoms with Crippen molar-refractivity contribution in [2.45, 2.75) is 122 Å². The van der Waals surface area contributed by atoms with E-state index in [1.807, 2.05) is 21.1 Å². The fourth-order valence-electron chi connectivity index (χ4n) is 4.01. The van der Waals surface area contributed by atoms with Crippen LogP contribution in [0, 0.1) is 0 Å². The second-order valence-electron chi connectivity index (χ2n) is 10.3. The van der Waals surface area contributed by atoms with Gasteiger partial charge in [-0.15, -0.1) is 0 Å². The molecule has 0 saturated carbocycles. The van der Waals surface area contributed by atoms with E-state index in [1.165, 1.54) is 77.0 Å². The van der Waals surface area contributed by atoms with Gasteiger partial charge in [0.15, 0.2) is 0 Å². The van der Waals surface area contributed by atoms with Gasteiger partial charge in [-0.1, -0.05) is 103 Å². The van der Waals surface area contributed by atoms with E-state index in [-0.39, 0.29) is 5.75 Å². The van der Waals surface area contributed by atoms with Crippen molar-refractivity contribution in [1.29, 1.82) is 0 Å². The SMILES string of the molecule is CCCCCCCCCCCCCCCCCCS(=O)(=O)OC(CC(=O)[O-])C[N+](C)(C)C. The summed E-state index contributed by atoms with van der Waals surface area (Å²) in [5.74, 6) is -1.34.